The maximum Gasteiger partial charge on any atom is 0.128 e. The van der Waals surface area contributed by atoms with Gasteiger partial charge < -0.3 is 0 Å². The molecule has 3 rings (SSSR count). The molecule has 4 heteroatoms. The third kappa shape index (κ3) is 3.64. The number of thiazole rings is 1. The molecule has 0 aliphatic carbocycles. The molecule has 0 radical (unpaired) electrons. The smallest absolute Gasteiger partial charge is 0.128 e. The molecule has 0 spiro atoms. The van der Waals surface area contributed by atoms with Crippen molar-refractivity contribution in [3.8, 4) is 0 Å². The van der Waals surface area contributed by atoms with E-state index in [2.05, 4.69) is 35.1 Å². The van der Waals surface area contributed by atoms with Gasteiger partial charge in [-0.2, -0.15) is 0 Å². The number of hydrogen-bond donors (Lipinski definition) is 0. The Kier molecular flexibility index (Phi) is 4.55. The second-order valence-corrected chi connectivity index (χ2v) is 6.42. The summed E-state index contributed by atoms with van der Waals surface area (Å²) < 4.78 is 1.28. The van der Waals surface area contributed by atoms with Gasteiger partial charge in [0.1, 0.15) is 5.82 Å². The van der Waals surface area contributed by atoms with E-state index in [1.54, 1.807) is 0 Å². The lowest BCUT2D eigenvalue weighted by molar-refractivity contribution is 0.463. The molecule has 1 aromatic carbocycles. The van der Waals surface area contributed by atoms with Crippen LogP contribution < -0.4 is 0 Å². The fourth-order valence-electron chi connectivity index (χ4n) is 2.63. The third-order valence-corrected chi connectivity index (χ3v) is 4.65. The normalized spacial score (nSPS) is 12.6. The maximum absolute atomic E-state index is 4.75. The molecule has 3 nitrogen and oxygen atoms in total. The summed E-state index contributed by atoms with van der Waals surface area (Å²) in [6.07, 6.45) is 7.97. The monoisotopic (exact) mass is 297 g/mol. The van der Waals surface area contributed by atoms with Crippen molar-refractivity contribution >= 4 is 21.6 Å². The summed E-state index contributed by atoms with van der Waals surface area (Å²) in [7, 11) is 0. The summed E-state index contributed by atoms with van der Waals surface area (Å²) in [5, 5.41) is 1.23. The Labute approximate surface area is 129 Å². The molecule has 3 aromatic rings. The number of benzene rings is 1. The summed E-state index contributed by atoms with van der Waals surface area (Å²) in [5.74, 6) is 1.51. The van der Waals surface area contributed by atoms with Crippen LogP contribution in [0.4, 0.5) is 0 Å². The van der Waals surface area contributed by atoms with E-state index >= 15 is 0 Å². The van der Waals surface area contributed by atoms with E-state index in [4.69, 9.17) is 4.98 Å². The Balaban J connectivity index is 1.75. The van der Waals surface area contributed by atoms with Crippen LogP contribution in [0.1, 0.15) is 30.6 Å². The van der Waals surface area contributed by atoms with Crippen molar-refractivity contribution in [3.63, 3.8) is 0 Å². The van der Waals surface area contributed by atoms with Crippen molar-refractivity contribution in [2.24, 2.45) is 5.92 Å². The number of fused-ring (bicyclic) bond motifs is 1. The molecule has 21 heavy (non-hydrogen) atoms. The van der Waals surface area contributed by atoms with E-state index in [9.17, 15) is 0 Å². The molecule has 0 aliphatic heterocycles. The van der Waals surface area contributed by atoms with Crippen LogP contribution >= 0.6 is 11.3 Å². The van der Waals surface area contributed by atoms with Gasteiger partial charge in [-0.05, 0) is 30.5 Å². The highest BCUT2D eigenvalue weighted by Crippen LogP contribution is 2.25. The van der Waals surface area contributed by atoms with Crippen LogP contribution in [0.25, 0.3) is 10.2 Å². The summed E-state index contributed by atoms with van der Waals surface area (Å²) in [6.45, 7) is 2.23. The fourth-order valence-corrected chi connectivity index (χ4v) is 3.71. The lowest BCUT2D eigenvalue weighted by atomic mass is 9.96. The molecule has 0 saturated heterocycles. The predicted molar refractivity (Wildman–Crippen MR) is 87.5 cm³/mol. The van der Waals surface area contributed by atoms with Gasteiger partial charge in [-0.1, -0.05) is 25.5 Å². The van der Waals surface area contributed by atoms with Crippen molar-refractivity contribution in [1.82, 2.24) is 15.0 Å². The molecule has 1 unspecified atom stereocenters. The Morgan fingerprint density at radius 3 is 2.62 bits per heavy atom. The molecule has 0 bridgehead atoms. The molecule has 0 aliphatic rings. The lowest BCUT2D eigenvalue weighted by Gasteiger charge is -2.13. The van der Waals surface area contributed by atoms with Crippen molar-refractivity contribution < 1.29 is 0 Å². The van der Waals surface area contributed by atoms with Gasteiger partial charge in [0.25, 0.3) is 0 Å². The predicted octanol–water partition coefficient (Wildman–Crippen LogP) is 4.29. The molecule has 0 amide bonds. The number of hydrogen-bond acceptors (Lipinski definition) is 4. The zero-order valence-corrected chi connectivity index (χ0v) is 13.0. The Morgan fingerprint density at radius 1 is 1.05 bits per heavy atom. The molecule has 2 aromatic heterocycles. The van der Waals surface area contributed by atoms with Crippen LogP contribution in [0.5, 0.6) is 0 Å². The first-order chi connectivity index (χ1) is 10.3. The average molecular weight is 297 g/mol. The second kappa shape index (κ2) is 6.76. The molecule has 0 N–H and O–H groups in total. The Hall–Kier alpha value is -1.81. The van der Waals surface area contributed by atoms with E-state index in [0.717, 1.165) is 24.2 Å². The minimum atomic E-state index is 0.568. The molecular weight excluding hydrogens is 278 g/mol. The Bertz CT molecular complexity index is 660. The quantitative estimate of drug-likeness (QED) is 0.681. The van der Waals surface area contributed by atoms with Gasteiger partial charge in [0.2, 0.25) is 0 Å². The first-order valence-corrected chi connectivity index (χ1v) is 8.27. The van der Waals surface area contributed by atoms with Crippen molar-refractivity contribution in [2.45, 2.75) is 32.6 Å². The van der Waals surface area contributed by atoms with Crippen LogP contribution in [0.3, 0.4) is 0 Å². The van der Waals surface area contributed by atoms with Crippen LogP contribution in [0.15, 0.2) is 42.7 Å². The molecule has 0 fully saturated rings. The highest BCUT2D eigenvalue weighted by Gasteiger charge is 2.14. The molecule has 0 saturated carbocycles. The second-order valence-electron chi connectivity index (χ2n) is 5.30. The largest absolute Gasteiger partial charge is 0.241 e. The zero-order chi connectivity index (χ0) is 14.5. The molecule has 2 heterocycles. The Morgan fingerprint density at radius 2 is 1.86 bits per heavy atom. The average Bonchev–Trinajstić information content (AvgIpc) is 2.90. The topological polar surface area (TPSA) is 38.7 Å². The first kappa shape index (κ1) is 14.1. The van der Waals surface area contributed by atoms with E-state index in [1.807, 2.05) is 35.9 Å². The van der Waals surface area contributed by atoms with Crippen molar-refractivity contribution in [3.05, 3.63) is 53.6 Å². The molecule has 108 valence electrons. The highest BCUT2D eigenvalue weighted by molar-refractivity contribution is 7.18. The minimum absolute atomic E-state index is 0.568. The SMILES string of the molecule is CCCC(Cc1ncccn1)Cc1nc2ccccc2s1. The maximum atomic E-state index is 4.75. The number of rotatable bonds is 6. The number of nitrogens with zero attached hydrogens (tertiary/aromatic N) is 3. The van der Waals surface area contributed by atoms with Crippen molar-refractivity contribution in [1.29, 1.82) is 0 Å². The van der Waals surface area contributed by atoms with Gasteiger partial charge >= 0.3 is 0 Å². The first-order valence-electron chi connectivity index (χ1n) is 7.45. The van der Waals surface area contributed by atoms with E-state index < -0.39 is 0 Å². The van der Waals surface area contributed by atoms with Gasteiger partial charge in [0.15, 0.2) is 0 Å². The van der Waals surface area contributed by atoms with Gasteiger partial charge in [0.05, 0.1) is 15.2 Å². The van der Waals surface area contributed by atoms with Crippen LogP contribution in [-0.2, 0) is 12.8 Å². The van der Waals surface area contributed by atoms with Crippen LogP contribution in [0.2, 0.25) is 0 Å². The van der Waals surface area contributed by atoms with E-state index in [1.165, 1.54) is 22.5 Å². The van der Waals surface area contributed by atoms with Crippen LogP contribution in [-0.4, -0.2) is 15.0 Å². The number of para-hydroxylation sites is 1. The minimum Gasteiger partial charge on any atom is -0.241 e. The summed E-state index contributed by atoms with van der Waals surface area (Å²) in [5.41, 5.74) is 1.11. The summed E-state index contributed by atoms with van der Waals surface area (Å²) >= 11 is 1.81. The van der Waals surface area contributed by atoms with E-state index in [0.29, 0.717) is 5.92 Å². The molecule has 1 atom stereocenters. The highest BCUT2D eigenvalue weighted by atomic mass is 32.1. The van der Waals surface area contributed by atoms with Gasteiger partial charge in [-0.25, -0.2) is 15.0 Å². The molecular formula is C17H19N3S. The summed E-state index contributed by atoms with van der Waals surface area (Å²) in [6, 6.07) is 10.2. The lowest BCUT2D eigenvalue weighted by Crippen LogP contribution is -2.10. The third-order valence-electron chi connectivity index (χ3n) is 3.59. The fraction of sp³-hybridized carbons (Fsp3) is 0.353. The van der Waals surface area contributed by atoms with E-state index in [-0.39, 0.29) is 0 Å². The van der Waals surface area contributed by atoms with Gasteiger partial charge in [0, 0.05) is 25.2 Å². The summed E-state index contributed by atoms with van der Waals surface area (Å²) in [4.78, 5) is 13.5. The van der Waals surface area contributed by atoms with Crippen molar-refractivity contribution in [2.75, 3.05) is 0 Å². The van der Waals surface area contributed by atoms with Crippen LogP contribution in [0, 0.1) is 5.92 Å². The zero-order valence-electron chi connectivity index (χ0n) is 12.2. The number of aromatic nitrogens is 3. The van der Waals surface area contributed by atoms with Gasteiger partial charge in [-0.3, -0.25) is 0 Å². The van der Waals surface area contributed by atoms with Gasteiger partial charge in [-0.15, -0.1) is 11.3 Å². The standard InChI is InChI=1S/C17H19N3S/c1-2-6-13(11-16-18-9-5-10-19-16)12-17-20-14-7-3-4-8-15(14)21-17/h3-5,7-10,13H,2,6,11-12H2,1H3.